The molecule has 0 bridgehead atoms. The second kappa shape index (κ2) is 4.14. The summed E-state index contributed by atoms with van der Waals surface area (Å²) in [5, 5.41) is 12.4. The molecule has 1 aliphatic rings. The van der Waals surface area contributed by atoms with Crippen molar-refractivity contribution in [2.45, 2.75) is 12.5 Å². The molecule has 6 nitrogen and oxygen atoms in total. The molecule has 3 amide bonds. The smallest absolute Gasteiger partial charge is 0.326 e. The fraction of sp³-hybridized carbons (Fsp3) is 0.400. The molecule has 7 heteroatoms. The second-order valence-corrected chi connectivity index (χ2v) is 2.12. The summed E-state index contributed by atoms with van der Waals surface area (Å²) in [5.74, 6) is -1.77. The van der Waals surface area contributed by atoms with E-state index in [0.717, 1.165) is 0 Å². The van der Waals surface area contributed by atoms with Gasteiger partial charge in [0.2, 0.25) is 5.91 Å². The van der Waals surface area contributed by atoms with Crippen LogP contribution in [0.5, 0.6) is 0 Å². The first-order valence-corrected chi connectivity index (χ1v) is 2.93. The Balaban J connectivity index is 0.00000121. The summed E-state index contributed by atoms with van der Waals surface area (Å²) in [4.78, 5) is 31.3. The summed E-state index contributed by atoms with van der Waals surface area (Å²) in [6.07, 6.45) is -0.207. The molecule has 61 valence electrons. The molecule has 0 aromatic carbocycles. The Morgan fingerprint density at radius 1 is 1.50 bits per heavy atom. The number of amides is 3. The molecule has 0 spiro atoms. The number of carboxylic acids is 1. The minimum atomic E-state index is -1.20. The van der Waals surface area contributed by atoms with E-state index in [1.165, 1.54) is 0 Å². The number of hydrogen-bond acceptors (Lipinski definition) is 3. The number of hydrogen-bond donors (Lipinski definition) is 3. The number of rotatable bonds is 1. The van der Waals surface area contributed by atoms with Crippen LogP contribution in [0.15, 0.2) is 0 Å². The number of imide groups is 1. The molecule has 1 radical (unpaired) electrons. The maximum Gasteiger partial charge on any atom is 0.326 e. The first-order chi connectivity index (χ1) is 5.09. The fourth-order valence-corrected chi connectivity index (χ4v) is 0.757. The van der Waals surface area contributed by atoms with Crippen LogP contribution in [0.4, 0.5) is 4.79 Å². The van der Waals surface area contributed by atoms with Gasteiger partial charge in [-0.3, -0.25) is 10.1 Å². The summed E-state index contributed by atoms with van der Waals surface area (Å²) in [6, 6.07) is -1.84. The second-order valence-electron chi connectivity index (χ2n) is 2.12. The van der Waals surface area contributed by atoms with Gasteiger partial charge in [0.25, 0.3) is 0 Å². The molecule has 0 aromatic rings. The van der Waals surface area contributed by atoms with Crippen LogP contribution in [0, 0.1) is 0 Å². The monoisotopic (exact) mass is 165 g/mol. The third-order valence-corrected chi connectivity index (χ3v) is 1.25. The van der Waals surface area contributed by atoms with Gasteiger partial charge in [0.15, 0.2) is 0 Å². The van der Waals surface area contributed by atoms with E-state index < -0.39 is 23.9 Å². The van der Waals surface area contributed by atoms with Gasteiger partial charge >= 0.3 is 12.0 Å². The van der Waals surface area contributed by atoms with Crippen LogP contribution in [-0.2, 0) is 9.59 Å². The maximum atomic E-state index is 10.6. The molecular formula is C5H6LiN2O4. The van der Waals surface area contributed by atoms with Crippen molar-refractivity contribution in [1.29, 1.82) is 0 Å². The summed E-state index contributed by atoms with van der Waals surface area (Å²) >= 11 is 0. The van der Waals surface area contributed by atoms with Crippen molar-refractivity contribution in [3.8, 4) is 0 Å². The van der Waals surface area contributed by atoms with E-state index in [2.05, 4.69) is 5.32 Å². The van der Waals surface area contributed by atoms with Crippen LogP contribution in [0.3, 0.4) is 0 Å². The van der Waals surface area contributed by atoms with E-state index in [0.29, 0.717) is 0 Å². The summed E-state index contributed by atoms with van der Waals surface area (Å²) in [6.45, 7) is 0. The summed E-state index contributed by atoms with van der Waals surface area (Å²) in [5.41, 5.74) is 0. The number of urea groups is 1. The third kappa shape index (κ3) is 2.56. The normalized spacial score (nSPS) is 21.8. The van der Waals surface area contributed by atoms with Gasteiger partial charge in [-0.2, -0.15) is 0 Å². The van der Waals surface area contributed by atoms with Crippen LogP contribution in [0.1, 0.15) is 6.42 Å². The van der Waals surface area contributed by atoms with Crippen molar-refractivity contribution in [1.82, 2.24) is 10.6 Å². The number of aliphatic carboxylic acids is 1. The molecule has 0 aliphatic carbocycles. The van der Waals surface area contributed by atoms with Gasteiger partial charge in [0.05, 0.1) is 6.42 Å². The number of carbonyl (C=O) groups excluding carboxylic acids is 2. The Morgan fingerprint density at radius 3 is 2.50 bits per heavy atom. The van der Waals surface area contributed by atoms with Gasteiger partial charge in [0.1, 0.15) is 6.04 Å². The zero-order valence-electron chi connectivity index (χ0n) is 6.46. The average molecular weight is 165 g/mol. The number of nitrogens with one attached hydrogen (secondary N) is 2. The van der Waals surface area contributed by atoms with Crippen LogP contribution in [-0.4, -0.2) is 47.9 Å². The average Bonchev–Trinajstić information content (AvgIpc) is 1.85. The maximum absolute atomic E-state index is 10.6. The predicted molar refractivity (Wildman–Crippen MR) is 38.5 cm³/mol. The molecule has 1 aliphatic heterocycles. The van der Waals surface area contributed by atoms with Crippen molar-refractivity contribution < 1.29 is 19.5 Å². The molecule has 1 rings (SSSR count). The van der Waals surface area contributed by atoms with Gasteiger partial charge in [-0.15, -0.1) is 0 Å². The molecule has 1 unspecified atom stereocenters. The number of carbonyl (C=O) groups is 3. The van der Waals surface area contributed by atoms with Gasteiger partial charge in [0, 0.05) is 18.9 Å². The first-order valence-electron chi connectivity index (χ1n) is 2.93. The summed E-state index contributed by atoms with van der Waals surface area (Å²) in [7, 11) is 0. The number of carboxylic acid groups (broad SMARTS) is 1. The molecule has 12 heavy (non-hydrogen) atoms. The molecular weight excluding hydrogens is 159 g/mol. The molecule has 1 saturated heterocycles. The van der Waals surface area contributed by atoms with Crippen LogP contribution in [0.25, 0.3) is 0 Å². The standard InChI is InChI=1S/C5H6N2O4.Li/c8-3-1-2(4(9)10)6-5(11)7-3;/h2H,1H2,(H,9,10)(H2,6,7,8,11);. The van der Waals surface area contributed by atoms with E-state index in [1.54, 1.807) is 0 Å². The molecule has 0 saturated carbocycles. The summed E-state index contributed by atoms with van der Waals surface area (Å²) < 4.78 is 0. The Bertz CT molecular complexity index is 213. The Hall–Kier alpha value is -0.993. The Labute approximate surface area is 79.9 Å². The van der Waals surface area contributed by atoms with Crippen molar-refractivity contribution in [2.75, 3.05) is 0 Å². The molecule has 3 N–H and O–H groups in total. The topological polar surface area (TPSA) is 95.5 Å². The Kier molecular flexibility index (Phi) is 3.80. The molecule has 1 heterocycles. The zero-order valence-corrected chi connectivity index (χ0v) is 6.46. The molecule has 1 atom stereocenters. The van der Waals surface area contributed by atoms with Gasteiger partial charge in [-0.25, -0.2) is 9.59 Å². The quantitative estimate of drug-likeness (QED) is 0.403. The third-order valence-electron chi connectivity index (χ3n) is 1.25. The minimum Gasteiger partial charge on any atom is -0.480 e. The van der Waals surface area contributed by atoms with Crippen molar-refractivity contribution in [3.63, 3.8) is 0 Å². The van der Waals surface area contributed by atoms with E-state index in [4.69, 9.17) is 5.11 Å². The Morgan fingerprint density at radius 2 is 2.08 bits per heavy atom. The van der Waals surface area contributed by atoms with Crippen LogP contribution >= 0.6 is 0 Å². The van der Waals surface area contributed by atoms with E-state index in [-0.39, 0.29) is 25.3 Å². The first kappa shape index (κ1) is 11.0. The van der Waals surface area contributed by atoms with Gasteiger partial charge in [-0.1, -0.05) is 0 Å². The SMILES string of the molecule is O=C1CC(C(=O)O)NC(=O)N1.[Li]. The van der Waals surface area contributed by atoms with Crippen LogP contribution in [0.2, 0.25) is 0 Å². The van der Waals surface area contributed by atoms with Gasteiger partial charge < -0.3 is 10.4 Å². The van der Waals surface area contributed by atoms with E-state index in [1.807, 2.05) is 5.32 Å². The molecule has 1 fully saturated rings. The van der Waals surface area contributed by atoms with Crippen molar-refractivity contribution in [2.24, 2.45) is 0 Å². The largest absolute Gasteiger partial charge is 0.480 e. The zero-order chi connectivity index (χ0) is 8.43. The minimum absolute atomic E-state index is 0. The van der Waals surface area contributed by atoms with Gasteiger partial charge in [-0.05, 0) is 0 Å². The van der Waals surface area contributed by atoms with Crippen LogP contribution < -0.4 is 10.6 Å². The van der Waals surface area contributed by atoms with E-state index in [9.17, 15) is 14.4 Å². The van der Waals surface area contributed by atoms with E-state index >= 15 is 0 Å². The van der Waals surface area contributed by atoms with Crippen molar-refractivity contribution >= 4 is 36.8 Å². The predicted octanol–water partition coefficient (Wildman–Crippen LogP) is -1.71. The molecule has 0 aromatic heterocycles. The fourth-order valence-electron chi connectivity index (χ4n) is 0.757. The van der Waals surface area contributed by atoms with Crippen molar-refractivity contribution in [3.05, 3.63) is 0 Å².